The molecule has 2 amide bonds. The van der Waals surface area contributed by atoms with Crippen molar-refractivity contribution >= 4 is 23.8 Å². The number of rotatable bonds is 10. The summed E-state index contributed by atoms with van der Waals surface area (Å²) in [5.41, 5.74) is 1.79. The van der Waals surface area contributed by atoms with E-state index >= 15 is 0 Å². The Bertz CT molecular complexity index is 1120. The Morgan fingerprint density at radius 1 is 0.556 bits per heavy atom. The van der Waals surface area contributed by atoms with Crippen LogP contribution in [0, 0.1) is 11.6 Å². The highest BCUT2D eigenvalue weighted by Gasteiger charge is 2.11. The van der Waals surface area contributed by atoms with Crippen molar-refractivity contribution < 1.29 is 37.4 Å². The van der Waals surface area contributed by atoms with Gasteiger partial charge in [-0.25, -0.2) is 8.78 Å². The van der Waals surface area contributed by atoms with Crippen molar-refractivity contribution in [1.29, 1.82) is 0 Å². The number of nitrogens with one attached hydrogen (secondary N) is 2. The highest BCUT2D eigenvalue weighted by molar-refractivity contribution is 5.96. The van der Waals surface area contributed by atoms with Crippen LogP contribution in [0.2, 0.25) is 0 Å². The maximum Gasteiger partial charge on any atom is 0.325 e. The van der Waals surface area contributed by atoms with Crippen LogP contribution in [0.5, 0.6) is 0 Å². The second-order valence-corrected chi connectivity index (χ2v) is 7.52. The molecule has 0 bridgehead atoms. The third-order valence-corrected chi connectivity index (χ3v) is 4.82. The van der Waals surface area contributed by atoms with Crippen LogP contribution in [0.3, 0.4) is 0 Å². The molecule has 0 saturated heterocycles. The van der Waals surface area contributed by atoms with E-state index in [0.29, 0.717) is 11.1 Å². The van der Waals surface area contributed by atoms with Gasteiger partial charge >= 0.3 is 11.9 Å². The molecule has 0 fully saturated rings. The molecule has 0 aromatic heterocycles. The summed E-state index contributed by atoms with van der Waals surface area (Å²) >= 11 is 0. The Morgan fingerprint density at radius 2 is 0.889 bits per heavy atom. The van der Waals surface area contributed by atoms with Gasteiger partial charge in [0.2, 0.25) is 0 Å². The highest BCUT2D eigenvalue weighted by Crippen LogP contribution is 2.08. The number of carbonyl (C=O) groups is 4. The molecule has 0 aliphatic rings. The molecular formula is C26H22F2N2O6. The van der Waals surface area contributed by atoms with E-state index in [1.165, 1.54) is 24.3 Å². The Balaban J connectivity index is 1.34. The molecule has 3 rings (SSSR count). The molecule has 186 valence electrons. The Hall–Kier alpha value is -4.60. The molecule has 10 heteroatoms. The average molecular weight is 496 g/mol. The number of hydrogen-bond acceptors (Lipinski definition) is 6. The number of amides is 2. The fraction of sp³-hybridized carbons (Fsp3) is 0.154. The highest BCUT2D eigenvalue weighted by atomic mass is 19.1. The zero-order chi connectivity index (χ0) is 25.9. The third kappa shape index (κ3) is 8.32. The van der Waals surface area contributed by atoms with Gasteiger partial charge in [0.15, 0.2) is 0 Å². The van der Waals surface area contributed by atoms with E-state index in [0.717, 1.165) is 24.3 Å². The van der Waals surface area contributed by atoms with Crippen LogP contribution in [0.15, 0.2) is 72.8 Å². The molecule has 0 aliphatic heterocycles. The van der Waals surface area contributed by atoms with Gasteiger partial charge in [0.05, 0.1) is 0 Å². The quantitative estimate of drug-likeness (QED) is 0.418. The number of halogens is 2. The third-order valence-electron chi connectivity index (χ3n) is 4.82. The summed E-state index contributed by atoms with van der Waals surface area (Å²) in [6.45, 7) is -0.745. The van der Waals surface area contributed by atoms with Crippen LogP contribution in [-0.2, 0) is 32.3 Å². The van der Waals surface area contributed by atoms with Gasteiger partial charge in [-0.2, -0.15) is 0 Å². The SMILES string of the molecule is O=C(CNC(=O)c1ccc(F)cc1)OCc1ccc(COC(=O)CNC(=O)c2ccc(F)cc2)cc1. The molecule has 0 saturated carbocycles. The van der Waals surface area contributed by atoms with Gasteiger partial charge in [0, 0.05) is 11.1 Å². The van der Waals surface area contributed by atoms with Crippen LogP contribution >= 0.6 is 0 Å². The van der Waals surface area contributed by atoms with Crippen LogP contribution < -0.4 is 10.6 Å². The van der Waals surface area contributed by atoms with E-state index in [-0.39, 0.29) is 37.4 Å². The van der Waals surface area contributed by atoms with Crippen molar-refractivity contribution in [3.63, 3.8) is 0 Å². The second-order valence-electron chi connectivity index (χ2n) is 7.52. The molecule has 0 spiro atoms. The van der Waals surface area contributed by atoms with E-state index in [9.17, 15) is 28.0 Å². The molecule has 8 nitrogen and oxygen atoms in total. The van der Waals surface area contributed by atoms with Crippen molar-refractivity contribution in [3.05, 3.63) is 107 Å². The summed E-state index contributed by atoms with van der Waals surface area (Å²) in [5, 5.41) is 4.79. The first-order valence-corrected chi connectivity index (χ1v) is 10.8. The molecule has 3 aromatic rings. The number of carbonyl (C=O) groups excluding carboxylic acids is 4. The first-order valence-electron chi connectivity index (χ1n) is 10.8. The molecule has 0 atom stereocenters. The zero-order valence-electron chi connectivity index (χ0n) is 19.0. The summed E-state index contributed by atoms with van der Waals surface area (Å²) in [5.74, 6) is -3.29. The first-order chi connectivity index (χ1) is 17.3. The number of hydrogen-bond donors (Lipinski definition) is 2. The Kier molecular flexibility index (Phi) is 9.21. The lowest BCUT2D eigenvalue weighted by Gasteiger charge is -2.09. The van der Waals surface area contributed by atoms with Gasteiger partial charge in [0.1, 0.15) is 37.9 Å². The lowest BCUT2D eigenvalue weighted by molar-refractivity contribution is -0.144. The van der Waals surface area contributed by atoms with Gasteiger partial charge in [0.25, 0.3) is 11.8 Å². The van der Waals surface area contributed by atoms with Gasteiger partial charge in [-0.1, -0.05) is 24.3 Å². The van der Waals surface area contributed by atoms with E-state index in [1.54, 1.807) is 24.3 Å². The molecule has 0 unspecified atom stereocenters. The molecule has 2 N–H and O–H groups in total. The van der Waals surface area contributed by atoms with E-state index < -0.39 is 35.4 Å². The molecule has 0 radical (unpaired) electrons. The number of ether oxygens (including phenoxy) is 2. The van der Waals surface area contributed by atoms with Gasteiger partial charge in [-0.3, -0.25) is 19.2 Å². The smallest absolute Gasteiger partial charge is 0.325 e. The lowest BCUT2D eigenvalue weighted by Crippen LogP contribution is -2.30. The van der Waals surface area contributed by atoms with Crippen LogP contribution in [0.25, 0.3) is 0 Å². The molecule has 36 heavy (non-hydrogen) atoms. The second kappa shape index (κ2) is 12.7. The molecule has 0 heterocycles. The Morgan fingerprint density at radius 3 is 1.22 bits per heavy atom. The summed E-state index contributed by atoms with van der Waals surface area (Å²) in [7, 11) is 0. The monoisotopic (exact) mass is 496 g/mol. The standard InChI is InChI=1S/C26H22F2N2O6/c27-21-9-5-19(6-10-21)25(33)29-13-23(31)35-15-17-1-2-18(4-3-17)16-36-24(32)14-30-26(34)20-7-11-22(28)12-8-20/h1-12H,13-16H2,(H,29,33)(H,30,34). The summed E-state index contributed by atoms with van der Waals surface area (Å²) < 4.78 is 36.0. The van der Waals surface area contributed by atoms with E-state index in [2.05, 4.69) is 10.6 Å². The molecule has 0 aliphatic carbocycles. The fourth-order valence-corrected chi connectivity index (χ4v) is 2.87. The predicted molar refractivity (Wildman–Crippen MR) is 124 cm³/mol. The molecule has 3 aromatic carbocycles. The van der Waals surface area contributed by atoms with Crippen molar-refractivity contribution in [3.8, 4) is 0 Å². The van der Waals surface area contributed by atoms with Crippen LogP contribution in [0.4, 0.5) is 8.78 Å². The number of benzene rings is 3. The van der Waals surface area contributed by atoms with E-state index in [4.69, 9.17) is 9.47 Å². The van der Waals surface area contributed by atoms with Crippen LogP contribution in [0.1, 0.15) is 31.8 Å². The van der Waals surface area contributed by atoms with E-state index in [1.807, 2.05) is 0 Å². The van der Waals surface area contributed by atoms with Crippen LogP contribution in [-0.4, -0.2) is 36.8 Å². The fourth-order valence-electron chi connectivity index (χ4n) is 2.87. The maximum absolute atomic E-state index is 12.9. The first kappa shape index (κ1) is 26.0. The summed E-state index contributed by atoms with van der Waals surface area (Å²) in [6, 6.07) is 16.5. The lowest BCUT2D eigenvalue weighted by atomic mass is 10.1. The van der Waals surface area contributed by atoms with Crippen molar-refractivity contribution in [2.45, 2.75) is 13.2 Å². The van der Waals surface area contributed by atoms with Crippen molar-refractivity contribution in [2.75, 3.05) is 13.1 Å². The minimum Gasteiger partial charge on any atom is -0.460 e. The normalized spacial score (nSPS) is 10.3. The number of esters is 2. The topological polar surface area (TPSA) is 111 Å². The summed E-state index contributed by atoms with van der Waals surface area (Å²) in [6.07, 6.45) is 0. The van der Waals surface area contributed by atoms with Gasteiger partial charge in [-0.15, -0.1) is 0 Å². The Labute approximate surface area is 205 Å². The van der Waals surface area contributed by atoms with Gasteiger partial charge in [-0.05, 0) is 59.7 Å². The largest absolute Gasteiger partial charge is 0.460 e. The van der Waals surface area contributed by atoms with Crippen molar-refractivity contribution in [1.82, 2.24) is 10.6 Å². The minimum atomic E-state index is -0.647. The van der Waals surface area contributed by atoms with Crippen molar-refractivity contribution in [2.24, 2.45) is 0 Å². The summed E-state index contributed by atoms with van der Waals surface area (Å²) in [4.78, 5) is 47.6. The van der Waals surface area contributed by atoms with Gasteiger partial charge < -0.3 is 20.1 Å². The average Bonchev–Trinajstić information content (AvgIpc) is 2.89. The maximum atomic E-state index is 12.9. The molecular weight excluding hydrogens is 474 g/mol. The minimum absolute atomic E-state index is 0.0270. The zero-order valence-corrected chi connectivity index (χ0v) is 19.0. The predicted octanol–water partition coefficient (Wildman–Crippen LogP) is 2.91.